The zero-order chi connectivity index (χ0) is 15.5. The molecule has 1 N–H and O–H groups in total. The average Bonchev–Trinajstić information content (AvgIpc) is 2.86. The highest BCUT2D eigenvalue weighted by Gasteiger charge is 2.42. The van der Waals surface area contributed by atoms with Gasteiger partial charge in [0.1, 0.15) is 10.4 Å². The molecule has 1 unspecified atom stereocenters. The summed E-state index contributed by atoms with van der Waals surface area (Å²) in [6, 6.07) is 7.56. The lowest BCUT2D eigenvalue weighted by Gasteiger charge is -2.26. The molecule has 0 fully saturated rings. The van der Waals surface area contributed by atoms with Crippen LogP contribution in [0.3, 0.4) is 0 Å². The number of benzene rings is 1. The molecule has 1 heterocycles. The van der Waals surface area contributed by atoms with E-state index in [9.17, 15) is 14.7 Å². The maximum atomic E-state index is 12.2. The summed E-state index contributed by atoms with van der Waals surface area (Å²) in [7, 11) is 0. The van der Waals surface area contributed by atoms with Gasteiger partial charge in [-0.2, -0.15) is 0 Å². The molecule has 0 aliphatic carbocycles. The molecule has 0 amide bonds. The lowest BCUT2D eigenvalue weighted by molar-refractivity contribution is -0.140. The number of carbonyl (C=O) groups is 2. The number of aliphatic carboxylic acids is 1. The van der Waals surface area contributed by atoms with E-state index in [-0.39, 0.29) is 6.42 Å². The molecule has 2 aromatic rings. The second-order valence-electron chi connectivity index (χ2n) is 5.05. The summed E-state index contributed by atoms with van der Waals surface area (Å²) >= 11 is 5.36. The fourth-order valence-electron chi connectivity index (χ4n) is 2.36. The number of thiol groups is 1. The van der Waals surface area contributed by atoms with Crippen molar-refractivity contribution >= 4 is 45.3 Å². The number of fused-ring (bicyclic) bond motifs is 1. The van der Waals surface area contributed by atoms with Crippen LogP contribution in [0.4, 0.5) is 0 Å². The van der Waals surface area contributed by atoms with Crippen LogP contribution in [-0.2, 0) is 15.0 Å². The summed E-state index contributed by atoms with van der Waals surface area (Å²) in [5.74, 6) is -1.01. The average molecular weight is 323 g/mol. The van der Waals surface area contributed by atoms with Gasteiger partial charge in [0.2, 0.25) is 0 Å². The van der Waals surface area contributed by atoms with Gasteiger partial charge in [-0.15, -0.1) is 24.0 Å². The van der Waals surface area contributed by atoms with E-state index in [1.807, 2.05) is 31.2 Å². The van der Waals surface area contributed by atoms with Gasteiger partial charge in [-0.05, 0) is 18.6 Å². The Morgan fingerprint density at radius 2 is 2.10 bits per heavy atom. The van der Waals surface area contributed by atoms with Crippen LogP contribution in [-0.4, -0.2) is 21.2 Å². The van der Waals surface area contributed by atoms with Gasteiger partial charge in [-0.25, -0.2) is 4.98 Å². The maximum absolute atomic E-state index is 12.2. The largest absolute Gasteiger partial charge is 0.481 e. The van der Waals surface area contributed by atoms with E-state index in [1.54, 1.807) is 0 Å². The molecular formula is C15H17NO3S2. The second kappa shape index (κ2) is 6.58. The fourth-order valence-corrected chi connectivity index (χ4v) is 3.91. The molecule has 0 saturated carbocycles. The highest BCUT2D eigenvalue weighted by Crippen LogP contribution is 2.40. The Kier molecular flexibility index (Phi) is 5.00. The Morgan fingerprint density at radius 1 is 1.38 bits per heavy atom. The molecule has 0 radical (unpaired) electrons. The van der Waals surface area contributed by atoms with Gasteiger partial charge < -0.3 is 5.11 Å². The van der Waals surface area contributed by atoms with E-state index in [2.05, 4.69) is 17.6 Å². The van der Waals surface area contributed by atoms with Crippen molar-refractivity contribution in [3.05, 3.63) is 29.3 Å². The topological polar surface area (TPSA) is 67.3 Å². The Labute approximate surface area is 132 Å². The lowest BCUT2D eigenvalue weighted by atomic mass is 9.81. The third kappa shape index (κ3) is 3.27. The first kappa shape index (κ1) is 16.0. The molecule has 0 saturated heterocycles. The highest BCUT2D eigenvalue weighted by molar-refractivity contribution is 7.96. The number of carboxylic acids is 1. The van der Waals surface area contributed by atoms with Crippen LogP contribution in [0.15, 0.2) is 24.3 Å². The van der Waals surface area contributed by atoms with Crippen molar-refractivity contribution in [2.75, 3.05) is 0 Å². The molecule has 0 bridgehead atoms. The zero-order valence-corrected chi connectivity index (χ0v) is 13.4. The van der Waals surface area contributed by atoms with E-state index in [1.165, 1.54) is 11.3 Å². The van der Waals surface area contributed by atoms with Crippen LogP contribution >= 0.6 is 24.0 Å². The SMILES string of the molecule is CCCCC(CC(=O)O)(C(=O)S)c1nc2ccccc2s1. The Bertz CT molecular complexity index is 635. The second-order valence-corrected chi connectivity index (χ2v) is 6.48. The third-order valence-corrected chi connectivity index (χ3v) is 5.19. The predicted molar refractivity (Wildman–Crippen MR) is 87.1 cm³/mol. The van der Waals surface area contributed by atoms with E-state index < -0.39 is 16.5 Å². The van der Waals surface area contributed by atoms with E-state index in [0.717, 1.165) is 23.1 Å². The summed E-state index contributed by atoms with van der Waals surface area (Å²) in [6.07, 6.45) is 1.83. The summed E-state index contributed by atoms with van der Waals surface area (Å²) in [6.45, 7) is 2.01. The summed E-state index contributed by atoms with van der Waals surface area (Å²) in [5, 5.41) is 9.36. The zero-order valence-electron chi connectivity index (χ0n) is 11.7. The normalized spacial score (nSPS) is 14.0. The number of aromatic nitrogens is 1. The first-order chi connectivity index (χ1) is 9.99. The monoisotopic (exact) mass is 323 g/mol. The molecule has 1 aromatic carbocycles. The van der Waals surface area contributed by atoms with Gasteiger partial charge in [-0.1, -0.05) is 31.9 Å². The first-order valence-electron chi connectivity index (χ1n) is 6.81. The van der Waals surface area contributed by atoms with E-state index in [4.69, 9.17) is 0 Å². The number of hydrogen-bond donors (Lipinski definition) is 2. The highest BCUT2D eigenvalue weighted by atomic mass is 32.1. The minimum absolute atomic E-state index is 0.269. The van der Waals surface area contributed by atoms with Crippen LogP contribution in [0.2, 0.25) is 0 Å². The lowest BCUT2D eigenvalue weighted by Crippen LogP contribution is -2.35. The Balaban J connectivity index is 2.54. The molecule has 0 aliphatic rings. The Hall–Kier alpha value is -1.40. The van der Waals surface area contributed by atoms with Crippen molar-refractivity contribution in [2.45, 2.75) is 38.0 Å². The number of carbonyl (C=O) groups excluding carboxylic acids is 1. The first-order valence-corrected chi connectivity index (χ1v) is 8.07. The number of rotatable bonds is 7. The molecule has 1 aromatic heterocycles. The van der Waals surface area contributed by atoms with Crippen molar-refractivity contribution in [2.24, 2.45) is 0 Å². The smallest absolute Gasteiger partial charge is 0.304 e. The molecule has 4 nitrogen and oxygen atoms in total. The van der Waals surface area contributed by atoms with E-state index in [0.29, 0.717) is 11.4 Å². The van der Waals surface area contributed by atoms with Crippen LogP contribution in [0.25, 0.3) is 10.2 Å². The number of nitrogens with zero attached hydrogens (tertiary/aromatic N) is 1. The van der Waals surface area contributed by atoms with Crippen LogP contribution < -0.4 is 0 Å². The molecule has 1 atom stereocenters. The molecule has 21 heavy (non-hydrogen) atoms. The van der Waals surface area contributed by atoms with Crippen molar-refractivity contribution in [3.63, 3.8) is 0 Å². The van der Waals surface area contributed by atoms with Gasteiger partial charge in [0.05, 0.1) is 16.6 Å². The Morgan fingerprint density at radius 3 is 2.67 bits per heavy atom. The molecule has 112 valence electrons. The van der Waals surface area contributed by atoms with Crippen molar-refractivity contribution < 1.29 is 14.7 Å². The number of para-hydroxylation sites is 1. The summed E-state index contributed by atoms with van der Waals surface area (Å²) < 4.78 is 0.952. The standard InChI is InChI=1S/C15H17NO3S2/c1-2-3-8-15(14(19)20,9-12(17)18)13-16-10-6-4-5-7-11(10)21-13/h4-7H,2-3,8-9H2,1H3,(H,17,18)(H,19,20). The van der Waals surface area contributed by atoms with Crippen LogP contribution in [0, 0.1) is 0 Å². The van der Waals surface area contributed by atoms with E-state index >= 15 is 0 Å². The number of unbranched alkanes of at least 4 members (excludes halogenated alkanes) is 1. The van der Waals surface area contributed by atoms with Gasteiger partial charge in [0.15, 0.2) is 5.12 Å². The quantitative estimate of drug-likeness (QED) is 0.763. The molecule has 0 aliphatic heterocycles. The molecule has 6 heteroatoms. The number of thiazole rings is 1. The molecule has 2 rings (SSSR count). The third-order valence-electron chi connectivity index (χ3n) is 3.52. The summed E-state index contributed by atoms with van der Waals surface area (Å²) in [5.41, 5.74) is -0.340. The molecule has 0 spiro atoms. The molecular weight excluding hydrogens is 306 g/mol. The summed E-state index contributed by atoms with van der Waals surface area (Å²) in [4.78, 5) is 27.9. The minimum atomic E-state index is -1.13. The number of hydrogen-bond acceptors (Lipinski definition) is 4. The van der Waals surface area contributed by atoms with Crippen LogP contribution in [0.5, 0.6) is 0 Å². The van der Waals surface area contributed by atoms with Gasteiger partial charge in [0, 0.05) is 0 Å². The predicted octanol–water partition coefficient (Wildman–Crippen LogP) is 3.66. The van der Waals surface area contributed by atoms with Crippen molar-refractivity contribution in [1.82, 2.24) is 4.98 Å². The van der Waals surface area contributed by atoms with Gasteiger partial charge >= 0.3 is 5.97 Å². The van der Waals surface area contributed by atoms with Crippen molar-refractivity contribution in [3.8, 4) is 0 Å². The fraction of sp³-hybridized carbons (Fsp3) is 0.400. The van der Waals surface area contributed by atoms with Crippen molar-refractivity contribution in [1.29, 1.82) is 0 Å². The maximum Gasteiger partial charge on any atom is 0.304 e. The van der Waals surface area contributed by atoms with Gasteiger partial charge in [0.25, 0.3) is 0 Å². The number of carboxylic acid groups (broad SMARTS) is 1. The minimum Gasteiger partial charge on any atom is -0.481 e. The van der Waals surface area contributed by atoms with Gasteiger partial charge in [-0.3, -0.25) is 9.59 Å². The van der Waals surface area contributed by atoms with Crippen LogP contribution in [0.1, 0.15) is 37.6 Å².